The normalized spacial score (nSPS) is 13.6. The van der Waals surface area contributed by atoms with Crippen molar-refractivity contribution in [2.45, 2.75) is 24.6 Å². The van der Waals surface area contributed by atoms with Crippen molar-refractivity contribution in [3.63, 3.8) is 0 Å². The van der Waals surface area contributed by atoms with Gasteiger partial charge in [0.1, 0.15) is 5.76 Å². The summed E-state index contributed by atoms with van der Waals surface area (Å²) in [6, 6.07) is 3.00. The van der Waals surface area contributed by atoms with Gasteiger partial charge in [0.05, 0.1) is 13.2 Å². The molecular weight excluding hydrogens is 300 g/mol. The number of hydrogen-bond acceptors (Lipinski definition) is 6. The second-order valence-corrected chi connectivity index (χ2v) is 6.92. The van der Waals surface area contributed by atoms with Crippen molar-refractivity contribution in [1.82, 2.24) is 10.0 Å². The average molecular weight is 322 g/mol. The van der Waals surface area contributed by atoms with E-state index in [4.69, 9.17) is 9.15 Å². The highest BCUT2D eigenvalue weighted by Gasteiger charge is 2.20. The second kappa shape index (κ2) is 8.68. The van der Waals surface area contributed by atoms with E-state index in [0.29, 0.717) is 31.2 Å². The molecule has 0 spiro atoms. The largest absolute Gasteiger partial charge is 0.447 e. The van der Waals surface area contributed by atoms with Gasteiger partial charge in [-0.2, -0.15) is 11.8 Å². The van der Waals surface area contributed by atoms with E-state index in [2.05, 4.69) is 10.0 Å². The molecule has 8 heteroatoms. The molecule has 0 aliphatic rings. The molecule has 6 nitrogen and oxygen atoms in total. The van der Waals surface area contributed by atoms with Gasteiger partial charge in [-0.1, -0.05) is 0 Å². The minimum atomic E-state index is -3.58. The minimum Gasteiger partial charge on any atom is -0.447 e. The number of methoxy groups -OCH3 is 1. The van der Waals surface area contributed by atoms with E-state index in [1.54, 1.807) is 24.9 Å². The summed E-state index contributed by atoms with van der Waals surface area (Å²) in [5.41, 5.74) is 0. The van der Waals surface area contributed by atoms with Gasteiger partial charge in [0.2, 0.25) is 5.09 Å². The van der Waals surface area contributed by atoms with Crippen LogP contribution in [0.25, 0.3) is 0 Å². The lowest BCUT2D eigenvalue weighted by Gasteiger charge is -2.11. The van der Waals surface area contributed by atoms with Gasteiger partial charge >= 0.3 is 0 Å². The zero-order chi connectivity index (χ0) is 15.0. The summed E-state index contributed by atoms with van der Waals surface area (Å²) in [7, 11) is -1.95. The maximum Gasteiger partial charge on any atom is 0.274 e. The lowest BCUT2D eigenvalue weighted by molar-refractivity contribution is 0.198. The topological polar surface area (TPSA) is 80.6 Å². The summed E-state index contributed by atoms with van der Waals surface area (Å²) in [6.45, 7) is 3.57. The van der Waals surface area contributed by atoms with Crippen LogP contribution in [0.3, 0.4) is 0 Å². The first-order chi connectivity index (χ1) is 9.49. The summed E-state index contributed by atoms with van der Waals surface area (Å²) >= 11 is 1.59. The molecule has 0 amide bonds. The van der Waals surface area contributed by atoms with Gasteiger partial charge in [0.25, 0.3) is 10.0 Å². The molecular formula is C12H22N2O4S2. The van der Waals surface area contributed by atoms with Crippen LogP contribution < -0.4 is 10.0 Å². The smallest absolute Gasteiger partial charge is 0.274 e. The fourth-order valence-electron chi connectivity index (χ4n) is 1.59. The summed E-state index contributed by atoms with van der Waals surface area (Å²) in [5.74, 6) is 1.30. The Morgan fingerprint density at radius 3 is 2.85 bits per heavy atom. The fourth-order valence-corrected chi connectivity index (χ4v) is 3.47. The Morgan fingerprint density at radius 1 is 1.45 bits per heavy atom. The number of ether oxygens (including phenoxy) is 1. The van der Waals surface area contributed by atoms with Crippen molar-refractivity contribution >= 4 is 21.8 Å². The van der Waals surface area contributed by atoms with Gasteiger partial charge in [-0.3, -0.25) is 0 Å². The highest BCUT2D eigenvalue weighted by Crippen LogP contribution is 2.14. The molecule has 0 fully saturated rings. The van der Waals surface area contributed by atoms with Crippen LogP contribution in [-0.4, -0.2) is 46.7 Å². The monoisotopic (exact) mass is 322 g/mol. The molecule has 0 saturated carbocycles. The van der Waals surface area contributed by atoms with Gasteiger partial charge in [-0.05, 0) is 25.3 Å². The van der Waals surface area contributed by atoms with E-state index in [1.807, 2.05) is 13.2 Å². The van der Waals surface area contributed by atoms with Crippen molar-refractivity contribution in [3.8, 4) is 0 Å². The molecule has 1 atom stereocenters. The van der Waals surface area contributed by atoms with Crippen LogP contribution in [-0.2, 0) is 21.3 Å². The molecule has 0 bridgehead atoms. The number of thioether (sulfide) groups is 1. The van der Waals surface area contributed by atoms with Crippen LogP contribution in [0.15, 0.2) is 21.6 Å². The number of furan rings is 1. The predicted molar refractivity (Wildman–Crippen MR) is 80.5 cm³/mol. The molecule has 0 radical (unpaired) electrons. The number of rotatable bonds is 10. The van der Waals surface area contributed by atoms with Crippen LogP contribution in [0.2, 0.25) is 0 Å². The molecule has 116 valence electrons. The molecule has 0 aromatic carbocycles. The van der Waals surface area contributed by atoms with Gasteiger partial charge < -0.3 is 14.5 Å². The molecule has 1 aromatic heterocycles. The first-order valence-electron chi connectivity index (χ1n) is 6.29. The molecule has 20 heavy (non-hydrogen) atoms. The average Bonchev–Trinajstić information content (AvgIpc) is 2.84. The highest BCUT2D eigenvalue weighted by atomic mass is 32.2. The van der Waals surface area contributed by atoms with Crippen LogP contribution in [0, 0.1) is 0 Å². The van der Waals surface area contributed by atoms with Crippen LogP contribution in [0.5, 0.6) is 0 Å². The van der Waals surface area contributed by atoms with E-state index in [1.165, 1.54) is 6.07 Å². The zero-order valence-corrected chi connectivity index (χ0v) is 13.6. The van der Waals surface area contributed by atoms with Crippen LogP contribution >= 0.6 is 11.8 Å². The van der Waals surface area contributed by atoms with Crippen molar-refractivity contribution < 1.29 is 17.6 Å². The first kappa shape index (κ1) is 17.5. The molecule has 2 N–H and O–H groups in total. The lowest BCUT2D eigenvalue weighted by atomic mass is 10.4. The third-order valence-electron chi connectivity index (χ3n) is 2.46. The molecule has 1 rings (SSSR count). The van der Waals surface area contributed by atoms with E-state index in [-0.39, 0.29) is 11.1 Å². The second-order valence-electron chi connectivity index (χ2n) is 4.37. The van der Waals surface area contributed by atoms with E-state index in [9.17, 15) is 8.42 Å². The molecule has 1 unspecified atom stereocenters. The highest BCUT2D eigenvalue weighted by molar-refractivity contribution is 7.98. The Kier molecular flexibility index (Phi) is 7.60. The molecule has 0 saturated heterocycles. The third kappa shape index (κ3) is 5.84. The standard InChI is InChI=1S/C12H22N2O4S2/c1-10(9-19-3)14-20(15,16)12-5-4-11(18-12)8-13-6-7-17-2/h4-5,10,13-14H,6-9H2,1-3H3. The Hall–Kier alpha value is -0.540. The van der Waals surface area contributed by atoms with Crippen LogP contribution in [0.4, 0.5) is 0 Å². The molecule has 0 aliphatic heterocycles. The summed E-state index contributed by atoms with van der Waals surface area (Å²) < 4.78 is 36.9. The first-order valence-corrected chi connectivity index (χ1v) is 9.17. The van der Waals surface area contributed by atoms with Crippen molar-refractivity contribution in [3.05, 3.63) is 17.9 Å². The van der Waals surface area contributed by atoms with Gasteiger partial charge in [-0.15, -0.1) is 0 Å². The summed E-state index contributed by atoms with van der Waals surface area (Å²) in [6.07, 6.45) is 1.93. The Bertz CT molecular complexity index is 487. The Morgan fingerprint density at radius 2 is 2.20 bits per heavy atom. The van der Waals surface area contributed by atoms with Crippen molar-refractivity contribution in [2.24, 2.45) is 0 Å². The maximum atomic E-state index is 12.1. The molecule has 1 heterocycles. The fraction of sp³-hybridized carbons (Fsp3) is 0.667. The Balaban J connectivity index is 2.56. The zero-order valence-electron chi connectivity index (χ0n) is 12.0. The van der Waals surface area contributed by atoms with E-state index < -0.39 is 10.0 Å². The number of hydrogen-bond donors (Lipinski definition) is 2. The van der Waals surface area contributed by atoms with Crippen molar-refractivity contribution in [1.29, 1.82) is 0 Å². The SMILES string of the molecule is COCCNCc1ccc(S(=O)(=O)NC(C)CSC)o1. The van der Waals surface area contributed by atoms with E-state index >= 15 is 0 Å². The summed E-state index contributed by atoms with van der Waals surface area (Å²) in [4.78, 5) is 0. The quantitative estimate of drug-likeness (QED) is 0.627. The molecule has 0 aliphatic carbocycles. The van der Waals surface area contributed by atoms with Gasteiger partial charge in [0, 0.05) is 25.4 Å². The molecule has 1 aromatic rings. The minimum absolute atomic E-state index is 0.0472. The van der Waals surface area contributed by atoms with Crippen LogP contribution in [0.1, 0.15) is 12.7 Å². The van der Waals surface area contributed by atoms with Gasteiger partial charge in [-0.25, -0.2) is 13.1 Å². The van der Waals surface area contributed by atoms with Crippen molar-refractivity contribution in [2.75, 3.05) is 32.3 Å². The third-order valence-corrected chi connectivity index (χ3v) is 4.75. The van der Waals surface area contributed by atoms with Gasteiger partial charge in [0.15, 0.2) is 0 Å². The predicted octanol–water partition coefficient (Wildman–Crippen LogP) is 1.05. The number of nitrogens with one attached hydrogen (secondary N) is 2. The lowest BCUT2D eigenvalue weighted by Crippen LogP contribution is -2.34. The number of sulfonamides is 1. The maximum absolute atomic E-state index is 12.1. The Labute approximate surface area is 124 Å². The summed E-state index contributed by atoms with van der Waals surface area (Å²) in [5, 5.41) is 3.04. The van der Waals surface area contributed by atoms with E-state index in [0.717, 1.165) is 0 Å².